The molecule has 1 aliphatic rings. The maximum atomic E-state index is 12.1. The summed E-state index contributed by atoms with van der Waals surface area (Å²) in [6.07, 6.45) is 3.23. The molecule has 1 atom stereocenters. The second-order valence-electron chi connectivity index (χ2n) is 5.25. The molecule has 0 spiro atoms. The molecule has 1 aromatic carbocycles. The van der Waals surface area contributed by atoms with Gasteiger partial charge >= 0.3 is 0 Å². The zero-order valence-electron chi connectivity index (χ0n) is 13.2. The van der Waals surface area contributed by atoms with Crippen molar-refractivity contribution in [3.05, 3.63) is 35.9 Å². The number of nitrogens with zero attached hydrogens (tertiary/aromatic N) is 1. The Morgan fingerprint density at radius 3 is 2.57 bits per heavy atom. The first-order chi connectivity index (χ1) is 10.4. The van der Waals surface area contributed by atoms with Crippen LogP contribution in [0.4, 0.5) is 0 Å². The molecule has 1 saturated heterocycles. The molecule has 0 saturated carbocycles. The minimum absolute atomic E-state index is 0. The molecule has 128 valence electrons. The minimum atomic E-state index is -3.43. The highest BCUT2D eigenvalue weighted by atomic mass is 35.5. The highest BCUT2D eigenvalue weighted by Gasteiger charge is 2.18. The average molecular weight is 360 g/mol. The van der Waals surface area contributed by atoms with E-state index in [0.717, 1.165) is 12.1 Å². The van der Waals surface area contributed by atoms with Crippen molar-refractivity contribution in [2.45, 2.75) is 17.9 Å². The Labute approximate surface area is 143 Å². The quantitative estimate of drug-likeness (QED) is 0.781. The number of carbonyl (C=O) groups excluding carboxylic acids is 1. The van der Waals surface area contributed by atoms with Crippen LogP contribution in [0.5, 0.6) is 0 Å². The zero-order chi connectivity index (χ0) is 16.2. The molecular formula is C15H22ClN3O3S. The second-order valence-corrected chi connectivity index (χ2v) is 7.14. The van der Waals surface area contributed by atoms with Gasteiger partial charge in [-0.3, -0.25) is 4.79 Å². The number of hydrogen-bond donors (Lipinski definition) is 2. The Hall–Kier alpha value is -1.41. The molecule has 1 heterocycles. The summed E-state index contributed by atoms with van der Waals surface area (Å²) in [5, 5.41) is 3.29. The van der Waals surface area contributed by atoms with E-state index in [4.69, 9.17) is 0 Å². The number of piperazine rings is 1. The Morgan fingerprint density at radius 1 is 1.35 bits per heavy atom. The smallest absolute Gasteiger partial charge is 0.246 e. The van der Waals surface area contributed by atoms with E-state index in [1.54, 1.807) is 23.1 Å². The van der Waals surface area contributed by atoms with Crippen LogP contribution in [0.1, 0.15) is 12.5 Å². The van der Waals surface area contributed by atoms with Crippen LogP contribution >= 0.6 is 12.4 Å². The maximum absolute atomic E-state index is 12.1. The molecule has 0 aliphatic carbocycles. The summed E-state index contributed by atoms with van der Waals surface area (Å²) in [4.78, 5) is 14.1. The van der Waals surface area contributed by atoms with Crippen molar-refractivity contribution >= 4 is 34.4 Å². The predicted octanol–water partition coefficient (Wildman–Crippen LogP) is 0.850. The van der Waals surface area contributed by atoms with Gasteiger partial charge in [0.15, 0.2) is 0 Å². The number of halogens is 1. The summed E-state index contributed by atoms with van der Waals surface area (Å²) in [7, 11) is -2.05. The number of nitrogens with one attached hydrogen (secondary N) is 2. The lowest BCUT2D eigenvalue weighted by atomic mass is 10.2. The Bertz CT molecular complexity index is 659. The van der Waals surface area contributed by atoms with E-state index < -0.39 is 10.0 Å². The molecule has 1 unspecified atom stereocenters. The molecule has 8 heteroatoms. The van der Waals surface area contributed by atoms with E-state index >= 15 is 0 Å². The SMILES string of the molecule is CNS(=O)(=O)c1ccc(C=CC(=O)N2CCNC(C)C2)cc1.Cl. The zero-order valence-corrected chi connectivity index (χ0v) is 14.8. The van der Waals surface area contributed by atoms with Crippen LogP contribution in [0.2, 0.25) is 0 Å². The summed E-state index contributed by atoms with van der Waals surface area (Å²) in [6, 6.07) is 6.69. The van der Waals surface area contributed by atoms with E-state index in [9.17, 15) is 13.2 Å². The van der Waals surface area contributed by atoms with Gasteiger partial charge in [0.1, 0.15) is 0 Å². The first-order valence-corrected chi connectivity index (χ1v) is 8.64. The van der Waals surface area contributed by atoms with Gasteiger partial charge in [-0.25, -0.2) is 13.1 Å². The largest absolute Gasteiger partial charge is 0.336 e. The fraction of sp³-hybridized carbons (Fsp3) is 0.400. The Balaban J connectivity index is 0.00000264. The molecule has 23 heavy (non-hydrogen) atoms. The maximum Gasteiger partial charge on any atom is 0.246 e. The summed E-state index contributed by atoms with van der Waals surface area (Å²) >= 11 is 0. The summed E-state index contributed by atoms with van der Waals surface area (Å²) in [6.45, 7) is 4.25. The van der Waals surface area contributed by atoms with E-state index in [1.165, 1.54) is 25.3 Å². The van der Waals surface area contributed by atoms with E-state index in [2.05, 4.69) is 10.0 Å². The van der Waals surface area contributed by atoms with Gasteiger partial charge in [-0.1, -0.05) is 12.1 Å². The van der Waals surface area contributed by atoms with Gasteiger partial charge in [-0.2, -0.15) is 0 Å². The third-order valence-corrected chi connectivity index (χ3v) is 4.99. The highest BCUT2D eigenvalue weighted by molar-refractivity contribution is 7.89. The number of benzene rings is 1. The van der Waals surface area contributed by atoms with Gasteiger partial charge in [-0.15, -0.1) is 12.4 Å². The van der Waals surface area contributed by atoms with Crippen molar-refractivity contribution in [3.63, 3.8) is 0 Å². The van der Waals surface area contributed by atoms with Gasteiger partial charge in [0.2, 0.25) is 15.9 Å². The molecule has 1 fully saturated rings. The van der Waals surface area contributed by atoms with Crippen LogP contribution in [0.15, 0.2) is 35.2 Å². The summed E-state index contributed by atoms with van der Waals surface area (Å²) < 4.78 is 25.5. The van der Waals surface area contributed by atoms with Gasteiger partial charge in [-0.05, 0) is 37.7 Å². The molecule has 1 amide bonds. The fourth-order valence-corrected chi connectivity index (χ4v) is 3.01. The van der Waals surface area contributed by atoms with Gasteiger partial charge < -0.3 is 10.2 Å². The van der Waals surface area contributed by atoms with Crippen LogP contribution in [0.3, 0.4) is 0 Å². The molecule has 2 rings (SSSR count). The molecule has 0 aromatic heterocycles. The lowest BCUT2D eigenvalue weighted by molar-refractivity contribution is -0.127. The first kappa shape index (κ1) is 19.6. The predicted molar refractivity (Wildman–Crippen MR) is 93.0 cm³/mol. The molecule has 2 N–H and O–H groups in total. The average Bonchev–Trinajstić information content (AvgIpc) is 2.53. The number of amides is 1. The Morgan fingerprint density at radius 2 is 2.00 bits per heavy atom. The Kier molecular flexibility index (Phi) is 7.21. The number of sulfonamides is 1. The number of hydrogen-bond acceptors (Lipinski definition) is 4. The van der Waals surface area contributed by atoms with Gasteiger partial charge in [0, 0.05) is 31.8 Å². The monoisotopic (exact) mass is 359 g/mol. The standard InChI is InChI=1S/C15H21N3O3S.ClH/c1-12-11-18(10-9-17-12)15(19)8-5-13-3-6-14(7-4-13)22(20,21)16-2;/h3-8,12,16-17H,9-11H2,1-2H3;1H. The van der Waals surface area contributed by atoms with E-state index in [1.807, 2.05) is 6.92 Å². The minimum Gasteiger partial charge on any atom is -0.336 e. The fourth-order valence-electron chi connectivity index (χ4n) is 2.28. The van der Waals surface area contributed by atoms with Crippen molar-refractivity contribution in [2.24, 2.45) is 0 Å². The van der Waals surface area contributed by atoms with Crippen LogP contribution in [-0.2, 0) is 14.8 Å². The van der Waals surface area contributed by atoms with Crippen molar-refractivity contribution in [3.8, 4) is 0 Å². The van der Waals surface area contributed by atoms with Crippen LogP contribution in [0, 0.1) is 0 Å². The molecular weight excluding hydrogens is 338 g/mol. The van der Waals surface area contributed by atoms with Crippen molar-refractivity contribution in [1.82, 2.24) is 14.9 Å². The lowest BCUT2D eigenvalue weighted by Crippen LogP contribution is -2.50. The van der Waals surface area contributed by atoms with Crippen LogP contribution < -0.4 is 10.0 Å². The third kappa shape index (κ3) is 5.31. The molecule has 1 aromatic rings. The molecule has 6 nitrogen and oxygen atoms in total. The number of rotatable bonds is 4. The molecule has 1 aliphatic heterocycles. The van der Waals surface area contributed by atoms with Gasteiger partial charge in [0.05, 0.1) is 4.90 Å². The van der Waals surface area contributed by atoms with Crippen molar-refractivity contribution in [2.75, 3.05) is 26.7 Å². The van der Waals surface area contributed by atoms with E-state index in [0.29, 0.717) is 19.1 Å². The van der Waals surface area contributed by atoms with Crippen molar-refractivity contribution in [1.29, 1.82) is 0 Å². The molecule has 0 radical (unpaired) electrons. The third-order valence-electron chi connectivity index (χ3n) is 3.56. The topological polar surface area (TPSA) is 78.5 Å². The van der Waals surface area contributed by atoms with E-state index in [-0.39, 0.29) is 23.2 Å². The van der Waals surface area contributed by atoms with Crippen molar-refractivity contribution < 1.29 is 13.2 Å². The number of carbonyl (C=O) groups is 1. The van der Waals surface area contributed by atoms with Gasteiger partial charge in [0.25, 0.3) is 0 Å². The lowest BCUT2D eigenvalue weighted by Gasteiger charge is -2.31. The highest BCUT2D eigenvalue weighted by Crippen LogP contribution is 2.11. The molecule has 0 bridgehead atoms. The van der Waals surface area contributed by atoms with Crippen LogP contribution in [0.25, 0.3) is 6.08 Å². The summed E-state index contributed by atoms with van der Waals surface area (Å²) in [5.41, 5.74) is 0.784. The van der Waals surface area contributed by atoms with Crippen LogP contribution in [-0.4, -0.2) is 51.9 Å². The summed E-state index contributed by atoms with van der Waals surface area (Å²) in [5.74, 6) is -0.0275. The normalized spacial score (nSPS) is 18.7. The first-order valence-electron chi connectivity index (χ1n) is 7.16. The second kappa shape index (κ2) is 8.44.